The number of hydrogen-bond donors (Lipinski definition) is 2. The number of hydrogen-bond acceptors (Lipinski definition) is 7. The molecule has 134 valence electrons. The highest BCUT2D eigenvalue weighted by Crippen LogP contribution is 2.27. The molecule has 2 aromatic carbocycles. The van der Waals surface area contributed by atoms with Crippen molar-refractivity contribution in [3.63, 3.8) is 0 Å². The fourth-order valence-corrected chi connectivity index (χ4v) is 2.48. The Morgan fingerprint density at radius 2 is 1.89 bits per heavy atom. The number of nitrogens with zero attached hydrogens (tertiary/aromatic N) is 3. The molecular formula is C19H14ClN5O2. The van der Waals surface area contributed by atoms with Crippen LogP contribution in [0.3, 0.4) is 0 Å². The van der Waals surface area contributed by atoms with Crippen molar-refractivity contribution in [2.75, 3.05) is 17.7 Å². The maximum absolute atomic E-state index is 11.7. The number of esters is 1. The van der Waals surface area contributed by atoms with Gasteiger partial charge in [-0.2, -0.15) is 5.26 Å². The Kier molecular flexibility index (Phi) is 5.50. The highest BCUT2D eigenvalue weighted by molar-refractivity contribution is 6.33. The van der Waals surface area contributed by atoms with Crippen LogP contribution in [0.2, 0.25) is 5.02 Å². The summed E-state index contributed by atoms with van der Waals surface area (Å²) >= 11 is 6.19. The summed E-state index contributed by atoms with van der Waals surface area (Å²) in [7, 11) is 1.31. The molecule has 0 spiro atoms. The first-order valence-electron chi connectivity index (χ1n) is 7.83. The van der Waals surface area contributed by atoms with Crippen molar-refractivity contribution < 1.29 is 9.53 Å². The maximum atomic E-state index is 11.7. The van der Waals surface area contributed by atoms with Crippen molar-refractivity contribution in [1.29, 1.82) is 5.26 Å². The van der Waals surface area contributed by atoms with Gasteiger partial charge in [0.1, 0.15) is 18.0 Å². The molecule has 0 radical (unpaired) electrons. The molecule has 0 saturated heterocycles. The maximum Gasteiger partial charge on any atom is 0.337 e. The molecule has 2 N–H and O–H groups in total. The van der Waals surface area contributed by atoms with E-state index in [9.17, 15) is 4.79 Å². The molecule has 0 atom stereocenters. The molecular weight excluding hydrogens is 366 g/mol. The number of carbonyl (C=O) groups excluding carboxylic acids is 1. The summed E-state index contributed by atoms with van der Waals surface area (Å²) in [6, 6.07) is 15.6. The number of halogens is 1. The summed E-state index contributed by atoms with van der Waals surface area (Å²) in [5.74, 6) is 0.549. The molecule has 1 aromatic heterocycles. The highest BCUT2D eigenvalue weighted by atomic mass is 35.5. The van der Waals surface area contributed by atoms with Crippen LogP contribution in [0.25, 0.3) is 0 Å². The zero-order valence-corrected chi connectivity index (χ0v) is 15.0. The first-order valence-corrected chi connectivity index (χ1v) is 8.21. The second-order valence-corrected chi connectivity index (χ2v) is 5.82. The first kappa shape index (κ1) is 18.2. The molecule has 0 unspecified atom stereocenters. The Labute approximate surface area is 160 Å². The van der Waals surface area contributed by atoms with Crippen LogP contribution in [-0.4, -0.2) is 23.0 Å². The van der Waals surface area contributed by atoms with Gasteiger partial charge in [0.25, 0.3) is 0 Å². The number of aromatic nitrogens is 2. The van der Waals surface area contributed by atoms with Crippen molar-refractivity contribution in [3.8, 4) is 6.07 Å². The van der Waals surface area contributed by atoms with Crippen LogP contribution < -0.4 is 10.6 Å². The van der Waals surface area contributed by atoms with E-state index in [2.05, 4.69) is 26.7 Å². The lowest BCUT2D eigenvalue weighted by molar-refractivity contribution is 0.0601. The van der Waals surface area contributed by atoms with Crippen molar-refractivity contribution in [3.05, 3.63) is 71.0 Å². The van der Waals surface area contributed by atoms with Crippen LogP contribution in [0.1, 0.15) is 15.9 Å². The van der Waals surface area contributed by atoms with Crippen LogP contribution in [0.15, 0.2) is 54.9 Å². The Morgan fingerprint density at radius 3 is 2.63 bits per heavy atom. The van der Waals surface area contributed by atoms with Crippen LogP contribution in [-0.2, 0) is 4.74 Å². The van der Waals surface area contributed by atoms with Gasteiger partial charge in [-0.15, -0.1) is 0 Å². The number of ether oxygens (including phenoxy) is 1. The standard InChI is InChI=1S/C19H14ClN5O2/c1-27-19(26)13-5-6-15(20)16(8-13)25-18-9-17(22-11-23-18)24-14-4-2-3-12(7-14)10-21/h2-9,11H,1H3,(H2,22,23,24,25). The average Bonchev–Trinajstić information content (AvgIpc) is 2.69. The number of rotatable bonds is 5. The second-order valence-electron chi connectivity index (χ2n) is 5.42. The molecule has 8 heteroatoms. The number of anilines is 4. The zero-order valence-electron chi connectivity index (χ0n) is 14.2. The van der Waals surface area contributed by atoms with Crippen molar-refractivity contribution in [2.24, 2.45) is 0 Å². The third-order valence-corrected chi connectivity index (χ3v) is 3.91. The van der Waals surface area contributed by atoms with Crippen molar-refractivity contribution in [2.45, 2.75) is 0 Å². The normalized spacial score (nSPS) is 9.96. The van der Waals surface area contributed by atoms with Gasteiger partial charge in [-0.25, -0.2) is 14.8 Å². The molecule has 0 bridgehead atoms. The van der Waals surface area contributed by atoms with Gasteiger partial charge >= 0.3 is 5.97 Å². The third kappa shape index (κ3) is 4.51. The van der Waals surface area contributed by atoms with Gasteiger partial charge in [0.15, 0.2) is 0 Å². The van der Waals surface area contributed by atoms with Gasteiger partial charge < -0.3 is 15.4 Å². The molecule has 0 aliphatic rings. The molecule has 1 heterocycles. The first-order chi connectivity index (χ1) is 13.1. The Morgan fingerprint density at radius 1 is 1.11 bits per heavy atom. The molecule has 0 saturated carbocycles. The van der Waals surface area contributed by atoms with E-state index in [-0.39, 0.29) is 0 Å². The fourth-order valence-electron chi connectivity index (χ4n) is 2.31. The Bertz CT molecular complexity index is 1030. The monoisotopic (exact) mass is 379 g/mol. The minimum absolute atomic E-state index is 0.366. The minimum Gasteiger partial charge on any atom is -0.465 e. The molecule has 0 fully saturated rings. The molecule has 0 aliphatic carbocycles. The van der Waals surface area contributed by atoms with Gasteiger partial charge in [-0.1, -0.05) is 17.7 Å². The number of nitrogens with one attached hydrogen (secondary N) is 2. The summed E-state index contributed by atoms with van der Waals surface area (Å²) in [5.41, 5.74) is 2.14. The highest BCUT2D eigenvalue weighted by Gasteiger charge is 2.10. The van der Waals surface area contributed by atoms with E-state index >= 15 is 0 Å². The van der Waals surface area contributed by atoms with Crippen LogP contribution in [0.5, 0.6) is 0 Å². The fraction of sp³-hybridized carbons (Fsp3) is 0.0526. The number of benzene rings is 2. The van der Waals surface area contributed by atoms with Crippen LogP contribution >= 0.6 is 11.6 Å². The van der Waals surface area contributed by atoms with Crippen LogP contribution in [0.4, 0.5) is 23.0 Å². The zero-order chi connectivity index (χ0) is 19.2. The number of methoxy groups -OCH3 is 1. The van der Waals surface area contributed by atoms with Gasteiger partial charge in [-0.05, 0) is 36.4 Å². The average molecular weight is 380 g/mol. The third-order valence-electron chi connectivity index (χ3n) is 3.58. The molecule has 3 aromatic rings. The summed E-state index contributed by atoms with van der Waals surface area (Å²) in [6.45, 7) is 0. The Balaban J connectivity index is 1.82. The van der Waals surface area contributed by atoms with E-state index in [1.807, 2.05) is 6.07 Å². The van der Waals surface area contributed by atoms with Crippen LogP contribution in [0, 0.1) is 11.3 Å². The van der Waals surface area contributed by atoms with Gasteiger partial charge in [0, 0.05) is 11.8 Å². The second kappa shape index (κ2) is 8.17. The summed E-state index contributed by atoms with van der Waals surface area (Å²) in [5, 5.41) is 15.6. The van der Waals surface area contributed by atoms with Crippen molar-refractivity contribution >= 4 is 40.6 Å². The Hall–Kier alpha value is -3.63. The lowest BCUT2D eigenvalue weighted by Crippen LogP contribution is -2.03. The lowest BCUT2D eigenvalue weighted by atomic mass is 10.2. The van der Waals surface area contributed by atoms with Gasteiger partial charge in [0.2, 0.25) is 0 Å². The molecule has 0 amide bonds. The lowest BCUT2D eigenvalue weighted by Gasteiger charge is -2.11. The van der Waals surface area contributed by atoms with E-state index in [0.29, 0.717) is 33.5 Å². The largest absolute Gasteiger partial charge is 0.465 e. The smallest absolute Gasteiger partial charge is 0.337 e. The molecule has 0 aliphatic heterocycles. The predicted octanol–water partition coefficient (Wildman–Crippen LogP) is 4.28. The van der Waals surface area contributed by atoms with E-state index in [1.165, 1.54) is 13.4 Å². The summed E-state index contributed by atoms with van der Waals surface area (Å²) in [4.78, 5) is 20.0. The molecule has 27 heavy (non-hydrogen) atoms. The van der Waals surface area contributed by atoms with E-state index in [1.54, 1.807) is 42.5 Å². The minimum atomic E-state index is -0.461. The summed E-state index contributed by atoms with van der Waals surface area (Å²) in [6.07, 6.45) is 1.39. The quantitative estimate of drug-likeness (QED) is 0.638. The topological polar surface area (TPSA) is 99.9 Å². The SMILES string of the molecule is COC(=O)c1ccc(Cl)c(Nc2cc(Nc3cccc(C#N)c3)ncn2)c1. The van der Waals surface area contributed by atoms with E-state index in [4.69, 9.17) is 21.6 Å². The number of carbonyl (C=O) groups is 1. The van der Waals surface area contributed by atoms with Gasteiger partial charge in [-0.3, -0.25) is 0 Å². The van der Waals surface area contributed by atoms with Crippen molar-refractivity contribution in [1.82, 2.24) is 9.97 Å². The van der Waals surface area contributed by atoms with E-state index < -0.39 is 5.97 Å². The number of nitriles is 1. The molecule has 7 nitrogen and oxygen atoms in total. The van der Waals surface area contributed by atoms with E-state index in [0.717, 1.165) is 5.69 Å². The molecule has 3 rings (SSSR count). The predicted molar refractivity (Wildman–Crippen MR) is 103 cm³/mol. The van der Waals surface area contributed by atoms with Gasteiger partial charge in [0.05, 0.1) is 35.0 Å². The summed E-state index contributed by atoms with van der Waals surface area (Å²) < 4.78 is 4.72.